The number of nitrogens with two attached hydrogens (primary N) is 1. The van der Waals surface area contributed by atoms with Crippen LogP contribution in [-0.2, 0) is 20.8 Å². The second-order valence-electron chi connectivity index (χ2n) is 12.3. The first-order valence-corrected chi connectivity index (χ1v) is 17.2. The number of primary amides is 1. The maximum atomic E-state index is 13.8. The number of fused-ring (bicyclic) bond motifs is 2. The lowest BCUT2D eigenvalue weighted by atomic mass is 9.82. The first-order chi connectivity index (χ1) is 23.2. The highest BCUT2D eigenvalue weighted by Gasteiger charge is 2.39. The molecule has 3 atom stereocenters. The molecule has 5 N–H and O–H groups in total. The van der Waals surface area contributed by atoms with Crippen molar-refractivity contribution in [2.24, 2.45) is 5.73 Å². The van der Waals surface area contributed by atoms with E-state index in [1.54, 1.807) is 11.0 Å². The minimum atomic E-state index is -0.703. The molecule has 2 bridgehead atoms. The Bertz CT molecular complexity index is 1620. The van der Waals surface area contributed by atoms with Gasteiger partial charge < -0.3 is 31.1 Å². The molecule has 2 aliphatic heterocycles. The number of aryl methyl sites for hydroxylation is 1. The van der Waals surface area contributed by atoms with Gasteiger partial charge in [0.2, 0.25) is 17.7 Å². The van der Waals surface area contributed by atoms with E-state index in [1.165, 1.54) is 12.1 Å². The molecule has 2 unspecified atom stereocenters. The molecule has 1 fully saturated rings. The van der Waals surface area contributed by atoms with Crippen LogP contribution in [0, 0.1) is 5.82 Å². The van der Waals surface area contributed by atoms with Gasteiger partial charge in [0.25, 0.3) is 0 Å². The molecule has 5 rings (SSSR count). The molecule has 0 aliphatic carbocycles. The Labute approximate surface area is 288 Å². The summed E-state index contributed by atoms with van der Waals surface area (Å²) in [7, 11) is 0. The third-order valence-electron chi connectivity index (χ3n) is 8.77. The number of hydrogen-bond donors (Lipinski definition) is 4. The van der Waals surface area contributed by atoms with Crippen molar-refractivity contribution in [2.75, 3.05) is 26.2 Å². The van der Waals surface area contributed by atoms with E-state index >= 15 is 0 Å². The molecule has 2 aliphatic rings. The number of amides is 3. The summed E-state index contributed by atoms with van der Waals surface area (Å²) in [5, 5.41) is 17.2. The lowest BCUT2D eigenvalue weighted by Crippen LogP contribution is -2.62. The molecular formula is C37H42BrFN4O5. The van der Waals surface area contributed by atoms with Crippen LogP contribution in [0.2, 0.25) is 0 Å². The van der Waals surface area contributed by atoms with Crippen molar-refractivity contribution in [3.8, 4) is 5.75 Å². The van der Waals surface area contributed by atoms with Crippen molar-refractivity contribution in [1.82, 2.24) is 15.5 Å². The predicted molar refractivity (Wildman–Crippen MR) is 185 cm³/mol. The summed E-state index contributed by atoms with van der Waals surface area (Å²) in [5.41, 5.74) is 9.65. The molecule has 3 aromatic rings. The van der Waals surface area contributed by atoms with Crippen LogP contribution in [0.15, 0.2) is 82.8 Å². The average Bonchev–Trinajstić information content (AvgIpc) is 3.08. The maximum Gasteiger partial charge on any atom is 0.249 e. The van der Waals surface area contributed by atoms with Crippen LogP contribution in [0.25, 0.3) is 5.57 Å². The van der Waals surface area contributed by atoms with Gasteiger partial charge in [-0.2, -0.15) is 0 Å². The number of halogens is 2. The highest BCUT2D eigenvalue weighted by Crippen LogP contribution is 2.34. The van der Waals surface area contributed by atoms with Crippen LogP contribution < -0.4 is 21.1 Å². The summed E-state index contributed by atoms with van der Waals surface area (Å²) in [6.45, 7) is 1.56. The van der Waals surface area contributed by atoms with Crippen LogP contribution in [0.1, 0.15) is 61.3 Å². The van der Waals surface area contributed by atoms with E-state index in [0.29, 0.717) is 54.8 Å². The number of aliphatic hydroxyl groups is 1. The minimum absolute atomic E-state index is 0.0331. The number of carbonyl (C=O) groups is 3. The SMILES string of the molecule is NC(=O)CCCC(=O)N1CC2CC(c3ccc(CCCOc4cc(F)ccc4Br)cc3)=C(C(=O)NCC[C@@H](O)c3ccccc3)C(C1)N2. The number of nitrogens with one attached hydrogen (secondary N) is 2. The average molecular weight is 722 g/mol. The van der Waals surface area contributed by atoms with Crippen molar-refractivity contribution in [1.29, 1.82) is 0 Å². The van der Waals surface area contributed by atoms with Crippen LogP contribution >= 0.6 is 15.9 Å². The standard InChI is InChI=1S/C37H42BrFN4O5/c38-30-16-15-27(39)20-33(30)48-19-5-6-24-11-13-25(14-12-24)29-21-28-22-43(35(46)10-4-9-34(40)45)23-31(42-28)36(29)37(47)41-18-17-32(44)26-7-2-1-3-8-26/h1-3,7-8,11-16,20,28,31-32,42,44H,4-6,9-10,17-19,21-23H2,(H2,40,45)(H,41,47)/t28?,31?,32-/m1/s1. The largest absolute Gasteiger partial charge is 0.492 e. The van der Waals surface area contributed by atoms with Crippen molar-refractivity contribution in [2.45, 2.75) is 63.1 Å². The molecule has 0 radical (unpaired) electrons. The van der Waals surface area contributed by atoms with E-state index in [4.69, 9.17) is 10.5 Å². The summed E-state index contributed by atoms with van der Waals surface area (Å²) in [5.74, 6) is -0.591. The van der Waals surface area contributed by atoms with Gasteiger partial charge in [-0.25, -0.2) is 4.39 Å². The Balaban J connectivity index is 1.27. The second kappa shape index (κ2) is 16.9. The fourth-order valence-corrected chi connectivity index (χ4v) is 6.70. The fraction of sp³-hybridized carbons (Fsp3) is 0.378. The van der Waals surface area contributed by atoms with E-state index in [1.807, 2.05) is 42.5 Å². The molecular weight excluding hydrogens is 679 g/mol. The third-order valence-corrected chi connectivity index (χ3v) is 9.42. The van der Waals surface area contributed by atoms with Crippen molar-refractivity contribution in [3.05, 3.63) is 105 Å². The summed E-state index contributed by atoms with van der Waals surface area (Å²) in [6, 6.07) is 21.5. The Hall–Kier alpha value is -4.06. The quantitative estimate of drug-likeness (QED) is 0.167. The van der Waals surface area contributed by atoms with E-state index in [9.17, 15) is 23.9 Å². The molecule has 0 spiro atoms. The zero-order valence-corrected chi connectivity index (χ0v) is 28.4. The summed E-state index contributed by atoms with van der Waals surface area (Å²) < 4.78 is 20.0. The number of carbonyl (C=O) groups excluding carboxylic acids is 3. The van der Waals surface area contributed by atoms with Gasteiger partial charge in [0.1, 0.15) is 11.6 Å². The zero-order chi connectivity index (χ0) is 34.0. The van der Waals surface area contributed by atoms with Crippen LogP contribution in [0.3, 0.4) is 0 Å². The number of piperazine rings is 1. The monoisotopic (exact) mass is 720 g/mol. The van der Waals surface area contributed by atoms with Gasteiger partial charge in [0.15, 0.2) is 0 Å². The summed E-state index contributed by atoms with van der Waals surface area (Å²) in [4.78, 5) is 39.9. The van der Waals surface area contributed by atoms with E-state index in [2.05, 4.69) is 38.7 Å². The van der Waals surface area contributed by atoms with Gasteiger partial charge in [-0.05, 0) is 82.4 Å². The van der Waals surface area contributed by atoms with Gasteiger partial charge in [-0.3, -0.25) is 14.4 Å². The van der Waals surface area contributed by atoms with Gasteiger partial charge >= 0.3 is 0 Å². The van der Waals surface area contributed by atoms with Crippen molar-refractivity contribution < 1.29 is 28.6 Å². The summed E-state index contributed by atoms with van der Waals surface area (Å²) >= 11 is 3.39. The van der Waals surface area contributed by atoms with Gasteiger partial charge in [-0.15, -0.1) is 0 Å². The van der Waals surface area contributed by atoms with Gasteiger partial charge in [-0.1, -0.05) is 54.6 Å². The zero-order valence-electron chi connectivity index (χ0n) is 26.8. The van der Waals surface area contributed by atoms with Crippen LogP contribution in [0.4, 0.5) is 4.39 Å². The van der Waals surface area contributed by atoms with E-state index < -0.39 is 12.0 Å². The molecule has 0 aromatic heterocycles. The molecule has 3 aromatic carbocycles. The Morgan fingerprint density at radius 3 is 2.56 bits per heavy atom. The lowest BCUT2D eigenvalue weighted by Gasteiger charge is -2.44. The number of aliphatic hydroxyl groups excluding tert-OH is 1. The molecule has 48 heavy (non-hydrogen) atoms. The number of rotatable bonds is 15. The number of ether oxygens (including phenoxy) is 1. The first kappa shape index (κ1) is 35.3. The third kappa shape index (κ3) is 9.52. The fourth-order valence-electron chi connectivity index (χ4n) is 6.34. The van der Waals surface area contributed by atoms with Crippen molar-refractivity contribution >= 4 is 39.2 Å². The van der Waals surface area contributed by atoms with Crippen LogP contribution in [0.5, 0.6) is 5.75 Å². The molecule has 0 saturated carbocycles. The predicted octanol–water partition coefficient (Wildman–Crippen LogP) is 4.82. The molecule has 11 heteroatoms. The van der Waals surface area contributed by atoms with Crippen LogP contribution in [-0.4, -0.2) is 66.1 Å². The smallest absolute Gasteiger partial charge is 0.249 e. The van der Waals surface area contributed by atoms with Gasteiger partial charge in [0, 0.05) is 50.2 Å². The molecule has 2 heterocycles. The lowest BCUT2D eigenvalue weighted by molar-refractivity contribution is -0.133. The Kier molecular flexibility index (Phi) is 12.4. The number of nitrogens with zero attached hydrogens (tertiary/aromatic N) is 1. The molecule has 3 amide bonds. The highest BCUT2D eigenvalue weighted by molar-refractivity contribution is 9.10. The minimum Gasteiger partial charge on any atom is -0.492 e. The maximum absolute atomic E-state index is 13.8. The second-order valence-corrected chi connectivity index (χ2v) is 13.2. The van der Waals surface area contributed by atoms with E-state index in [0.717, 1.165) is 35.1 Å². The molecule has 9 nitrogen and oxygen atoms in total. The van der Waals surface area contributed by atoms with Crippen molar-refractivity contribution in [3.63, 3.8) is 0 Å². The number of hydrogen-bond acceptors (Lipinski definition) is 6. The summed E-state index contributed by atoms with van der Waals surface area (Å²) in [6.07, 6.45) is 2.50. The Morgan fingerprint density at radius 1 is 1.04 bits per heavy atom. The highest BCUT2D eigenvalue weighted by atomic mass is 79.9. The Morgan fingerprint density at radius 2 is 1.81 bits per heavy atom. The topological polar surface area (TPSA) is 134 Å². The normalized spacial score (nSPS) is 17.9. The molecule has 254 valence electrons. The first-order valence-electron chi connectivity index (χ1n) is 16.4. The molecule has 1 saturated heterocycles. The van der Waals surface area contributed by atoms with Gasteiger partial charge in [0.05, 0.1) is 23.2 Å². The van der Waals surface area contributed by atoms with E-state index in [-0.39, 0.29) is 49.1 Å². The number of benzene rings is 3.